The molecule has 0 bridgehead atoms. The van der Waals surface area contributed by atoms with E-state index in [1.165, 1.54) is 12.1 Å². The van der Waals surface area contributed by atoms with Crippen LogP contribution in [0.4, 0.5) is 4.39 Å². The molecule has 0 fully saturated rings. The maximum Gasteiger partial charge on any atom is 0.142 e. The molecule has 6 heteroatoms. The molecule has 0 saturated heterocycles. The molecule has 2 rings (SSSR count). The molecule has 1 atom stereocenters. The van der Waals surface area contributed by atoms with Crippen LogP contribution in [0.5, 0.6) is 0 Å². The third-order valence-corrected chi connectivity index (χ3v) is 3.40. The molecule has 1 unspecified atom stereocenters. The molecule has 0 aliphatic heterocycles. The summed E-state index contributed by atoms with van der Waals surface area (Å²) in [6.07, 6.45) is 1.65. The number of aliphatic hydroxyl groups excluding tert-OH is 1. The summed E-state index contributed by atoms with van der Waals surface area (Å²) >= 11 is 11.3. The molecule has 3 nitrogen and oxygen atoms in total. The average Bonchev–Trinajstić information content (AvgIpc) is 2.45. The average molecular weight is 315 g/mol. The summed E-state index contributed by atoms with van der Waals surface area (Å²) in [5.41, 5.74) is 1.55. The highest BCUT2D eigenvalue weighted by Gasteiger charge is 2.12. The van der Waals surface area contributed by atoms with Gasteiger partial charge in [0.15, 0.2) is 0 Å². The van der Waals surface area contributed by atoms with E-state index in [-0.39, 0.29) is 17.7 Å². The molecule has 1 heterocycles. The number of rotatable bonds is 5. The zero-order valence-electron chi connectivity index (χ0n) is 10.5. The van der Waals surface area contributed by atoms with Crippen molar-refractivity contribution in [3.8, 4) is 0 Å². The number of nitrogens with one attached hydrogen (secondary N) is 1. The number of aromatic nitrogens is 1. The van der Waals surface area contributed by atoms with E-state index in [9.17, 15) is 9.50 Å². The Morgan fingerprint density at radius 2 is 2.05 bits per heavy atom. The third-order valence-electron chi connectivity index (χ3n) is 2.87. The molecule has 0 radical (unpaired) electrons. The first-order valence-corrected chi connectivity index (χ1v) is 6.75. The number of aliphatic hydroxyl groups is 1. The van der Waals surface area contributed by atoms with Crippen LogP contribution in [0.2, 0.25) is 10.2 Å². The van der Waals surface area contributed by atoms with Crippen molar-refractivity contribution in [1.29, 1.82) is 0 Å². The van der Waals surface area contributed by atoms with Crippen molar-refractivity contribution in [2.75, 3.05) is 6.61 Å². The van der Waals surface area contributed by atoms with Gasteiger partial charge in [-0.15, -0.1) is 0 Å². The number of hydrogen-bond donors (Lipinski definition) is 2. The Bertz CT molecular complexity index is 578. The monoisotopic (exact) mass is 314 g/mol. The predicted molar refractivity (Wildman–Crippen MR) is 77.3 cm³/mol. The lowest BCUT2D eigenvalue weighted by molar-refractivity contribution is 0.243. The lowest BCUT2D eigenvalue weighted by Crippen LogP contribution is -2.24. The van der Waals surface area contributed by atoms with E-state index in [1.807, 2.05) is 6.07 Å². The lowest BCUT2D eigenvalue weighted by Gasteiger charge is -2.17. The first-order chi connectivity index (χ1) is 9.60. The fourth-order valence-corrected chi connectivity index (χ4v) is 2.00. The van der Waals surface area contributed by atoms with Crippen molar-refractivity contribution in [3.05, 3.63) is 63.6 Å². The largest absolute Gasteiger partial charge is 0.394 e. The zero-order valence-corrected chi connectivity index (χ0v) is 12.0. The maximum atomic E-state index is 13.4. The summed E-state index contributed by atoms with van der Waals surface area (Å²) in [6, 6.07) is 7.61. The molecule has 2 aromatic rings. The number of halogens is 3. The molecular weight excluding hydrogens is 302 g/mol. The Labute approximate surface area is 126 Å². The fraction of sp³-hybridized carbons (Fsp3) is 0.214. The Morgan fingerprint density at radius 3 is 2.65 bits per heavy atom. The number of pyridine rings is 1. The summed E-state index contributed by atoms with van der Waals surface area (Å²) in [4.78, 5) is 3.97. The number of hydrogen-bond acceptors (Lipinski definition) is 3. The van der Waals surface area contributed by atoms with Crippen molar-refractivity contribution in [2.24, 2.45) is 0 Å². The summed E-state index contributed by atoms with van der Waals surface area (Å²) in [5, 5.41) is 13.0. The minimum Gasteiger partial charge on any atom is -0.394 e. The summed E-state index contributed by atoms with van der Waals surface area (Å²) in [7, 11) is 0. The van der Waals surface area contributed by atoms with Crippen LogP contribution in [0.3, 0.4) is 0 Å². The second kappa shape index (κ2) is 6.99. The van der Waals surface area contributed by atoms with Gasteiger partial charge in [0.05, 0.1) is 17.7 Å². The predicted octanol–water partition coefficient (Wildman–Crippen LogP) is 3.35. The van der Waals surface area contributed by atoms with E-state index in [0.717, 1.165) is 5.56 Å². The van der Waals surface area contributed by atoms with Crippen molar-refractivity contribution in [2.45, 2.75) is 12.6 Å². The summed E-state index contributed by atoms with van der Waals surface area (Å²) < 4.78 is 13.4. The van der Waals surface area contributed by atoms with Gasteiger partial charge in [-0.3, -0.25) is 0 Å². The van der Waals surface area contributed by atoms with E-state index >= 15 is 0 Å². The van der Waals surface area contributed by atoms with Gasteiger partial charge in [0, 0.05) is 12.7 Å². The maximum absolute atomic E-state index is 13.4. The number of nitrogens with zero attached hydrogens (tertiary/aromatic N) is 1. The van der Waals surface area contributed by atoms with E-state index in [2.05, 4.69) is 10.3 Å². The van der Waals surface area contributed by atoms with Gasteiger partial charge < -0.3 is 10.4 Å². The second-order valence-electron chi connectivity index (χ2n) is 4.28. The van der Waals surface area contributed by atoms with Crippen molar-refractivity contribution in [1.82, 2.24) is 10.3 Å². The Kier molecular flexibility index (Phi) is 5.31. The summed E-state index contributed by atoms with van der Waals surface area (Å²) in [6.45, 7) is 0.335. The van der Waals surface area contributed by atoms with Crippen LogP contribution >= 0.6 is 23.2 Å². The first-order valence-electron chi connectivity index (χ1n) is 6.00. The Balaban J connectivity index is 2.05. The molecule has 0 spiro atoms. The molecule has 106 valence electrons. The third kappa shape index (κ3) is 3.90. The first kappa shape index (κ1) is 15.2. The minimum atomic E-state index is -0.502. The van der Waals surface area contributed by atoms with E-state index in [4.69, 9.17) is 23.2 Å². The van der Waals surface area contributed by atoms with Crippen LogP contribution in [-0.4, -0.2) is 16.7 Å². The standard InChI is InChI=1S/C14H13Cl2FN2O/c15-11-3-2-10(5-12(11)17)13(8-20)18-6-9-1-4-14(16)19-7-9/h1-5,7,13,18,20H,6,8H2. The van der Waals surface area contributed by atoms with Gasteiger partial charge in [0.1, 0.15) is 11.0 Å². The Morgan fingerprint density at radius 1 is 1.25 bits per heavy atom. The van der Waals surface area contributed by atoms with Crippen LogP contribution in [0, 0.1) is 5.82 Å². The molecule has 1 aromatic heterocycles. The highest BCUT2D eigenvalue weighted by molar-refractivity contribution is 6.30. The molecule has 0 aliphatic rings. The van der Waals surface area contributed by atoms with Gasteiger partial charge >= 0.3 is 0 Å². The van der Waals surface area contributed by atoms with Gasteiger partial charge in [-0.2, -0.15) is 0 Å². The van der Waals surface area contributed by atoms with Crippen LogP contribution in [0.25, 0.3) is 0 Å². The molecular formula is C14H13Cl2FN2O. The van der Waals surface area contributed by atoms with Crippen molar-refractivity contribution < 1.29 is 9.50 Å². The van der Waals surface area contributed by atoms with Crippen LogP contribution < -0.4 is 5.32 Å². The fourth-order valence-electron chi connectivity index (χ4n) is 1.77. The van der Waals surface area contributed by atoms with E-state index < -0.39 is 5.82 Å². The van der Waals surface area contributed by atoms with Crippen LogP contribution in [0.15, 0.2) is 36.5 Å². The quantitative estimate of drug-likeness (QED) is 0.832. The normalized spacial score (nSPS) is 12.4. The van der Waals surface area contributed by atoms with Gasteiger partial charge in [0.25, 0.3) is 0 Å². The molecule has 2 N–H and O–H groups in total. The number of benzene rings is 1. The lowest BCUT2D eigenvalue weighted by atomic mass is 10.1. The van der Waals surface area contributed by atoms with E-state index in [0.29, 0.717) is 17.3 Å². The molecule has 0 amide bonds. The van der Waals surface area contributed by atoms with Crippen molar-refractivity contribution in [3.63, 3.8) is 0 Å². The highest BCUT2D eigenvalue weighted by Crippen LogP contribution is 2.20. The summed E-state index contributed by atoms with van der Waals surface area (Å²) in [5.74, 6) is -0.502. The van der Waals surface area contributed by atoms with Gasteiger partial charge in [-0.1, -0.05) is 35.3 Å². The Hall–Kier alpha value is -1.20. The topological polar surface area (TPSA) is 45.1 Å². The minimum absolute atomic E-state index is 0.0624. The van der Waals surface area contributed by atoms with Crippen LogP contribution in [-0.2, 0) is 6.54 Å². The highest BCUT2D eigenvalue weighted by atomic mass is 35.5. The molecule has 0 saturated carbocycles. The SMILES string of the molecule is OCC(NCc1ccc(Cl)nc1)c1ccc(Cl)c(F)c1. The van der Waals surface area contributed by atoms with Crippen molar-refractivity contribution >= 4 is 23.2 Å². The van der Waals surface area contributed by atoms with Gasteiger partial charge in [-0.05, 0) is 29.3 Å². The second-order valence-corrected chi connectivity index (χ2v) is 5.07. The van der Waals surface area contributed by atoms with E-state index in [1.54, 1.807) is 18.3 Å². The van der Waals surface area contributed by atoms with Gasteiger partial charge in [0.2, 0.25) is 0 Å². The smallest absolute Gasteiger partial charge is 0.142 e. The molecule has 20 heavy (non-hydrogen) atoms. The molecule has 1 aromatic carbocycles. The molecule has 0 aliphatic carbocycles. The van der Waals surface area contributed by atoms with Gasteiger partial charge in [-0.25, -0.2) is 9.37 Å². The zero-order chi connectivity index (χ0) is 14.5. The van der Waals surface area contributed by atoms with Crippen LogP contribution in [0.1, 0.15) is 17.2 Å².